The van der Waals surface area contributed by atoms with E-state index < -0.39 is 0 Å². The number of rotatable bonds is 6. The smallest absolute Gasteiger partial charge is 0.494 e. The number of hydrogen-bond acceptors (Lipinski definition) is 3. The third kappa shape index (κ3) is 4.93. The lowest BCUT2D eigenvalue weighted by Crippen LogP contribution is -2.41. The van der Waals surface area contributed by atoms with Crippen LogP contribution in [0.25, 0.3) is 6.08 Å². The van der Waals surface area contributed by atoms with Gasteiger partial charge < -0.3 is 14.0 Å². The van der Waals surface area contributed by atoms with E-state index >= 15 is 0 Å². The van der Waals surface area contributed by atoms with Crippen LogP contribution in [-0.4, -0.2) is 25.4 Å². The van der Waals surface area contributed by atoms with Gasteiger partial charge in [-0.2, -0.15) is 0 Å². The summed E-state index contributed by atoms with van der Waals surface area (Å²) in [5, 5.41) is 0. The van der Waals surface area contributed by atoms with Crippen molar-refractivity contribution in [1.29, 1.82) is 0 Å². The van der Waals surface area contributed by atoms with Gasteiger partial charge in [0.05, 0.1) is 18.3 Å². The van der Waals surface area contributed by atoms with E-state index in [4.69, 9.17) is 14.0 Å². The molecule has 1 saturated carbocycles. The molecular weight excluding hydrogens is 407 g/mol. The molecule has 3 aliphatic rings. The van der Waals surface area contributed by atoms with Gasteiger partial charge >= 0.3 is 7.12 Å². The van der Waals surface area contributed by atoms with Crippen molar-refractivity contribution in [2.75, 3.05) is 7.11 Å². The van der Waals surface area contributed by atoms with Crippen LogP contribution in [0.3, 0.4) is 0 Å². The third-order valence-electron chi connectivity index (χ3n) is 8.04. The highest BCUT2D eigenvalue weighted by Crippen LogP contribution is 2.38. The summed E-state index contributed by atoms with van der Waals surface area (Å²) in [6.45, 7) is 17.0. The van der Waals surface area contributed by atoms with Crippen LogP contribution in [0, 0.1) is 5.92 Å². The van der Waals surface area contributed by atoms with Gasteiger partial charge in [-0.25, -0.2) is 0 Å². The standard InChI is InChI=1S/C29H39BO3/c1-20(17-27(21(2)31-7)22-11-9-8-10-12-22)23-13-14-25-19-26(16-15-24(25)18-23)30-32-28(3,4)29(5,6)33-30/h15-19,22H,1-2,8-14H2,3-7H3/b27-17+. The van der Waals surface area contributed by atoms with Crippen LogP contribution in [-0.2, 0) is 20.5 Å². The van der Waals surface area contributed by atoms with Crippen molar-refractivity contribution < 1.29 is 14.0 Å². The molecule has 0 aromatic heterocycles. The summed E-state index contributed by atoms with van der Waals surface area (Å²) in [5.74, 6) is 1.31. The third-order valence-corrected chi connectivity index (χ3v) is 8.04. The number of benzene rings is 1. The molecule has 1 heterocycles. The Balaban J connectivity index is 1.54. The molecule has 0 N–H and O–H groups in total. The number of fused-ring (bicyclic) bond motifs is 1. The molecular formula is C29H39BO3. The first-order valence-electron chi connectivity index (χ1n) is 12.4. The first-order valence-corrected chi connectivity index (χ1v) is 12.4. The lowest BCUT2D eigenvalue weighted by Gasteiger charge is -2.32. The van der Waals surface area contributed by atoms with Gasteiger partial charge in [-0.15, -0.1) is 0 Å². The normalized spacial score (nSPS) is 22.5. The van der Waals surface area contributed by atoms with E-state index in [-0.39, 0.29) is 18.3 Å². The van der Waals surface area contributed by atoms with Crippen molar-refractivity contribution in [3.8, 4) is 0 Å². The van der Waals surface area contributed by atoms with Crippen molar-refractivity contribution >= 4 is 18.7 Å². The second kappa shape index (κ2) is 9.31. The predicted molar refractivity (Wildman–Crippen MR) is 138 cm³/mol. The van der Waals surface area contributed by atoms with Crippen LogP contribution in [0.5, 0.6) is 0 Å². The topological polar surface area (TPSA) is 27.7 Å². The van der Waals surface area contributed by atoms with Crippen molar-refractivity contribution in [1.82, 2.24) is 0 Å². The number of allylic oxidation sites excluding steroid dienone is 4. The fourth-order valence-electron chi connectivity index (χ4n) is 5.13. The molecule has 0 amide bonds. The summed E-state index contributed by atoms with van der Waals surface area (Å²) in [6.07, 6.45) is 12.8. The first kappa shape index (κ1) is 24.1. The summed E-state index contributed by atoms with van der Waals surface area (Å²) in [4.78, 5) is 0. The molecule has 0 spiro atoms. The van der Waals surface area contributed by atoms with Crippen LogP contribution in [0.1, 0.15) is 77.3 Å². The van der Waals surface area contributed by atoms with Crippen LogP contribution in [0.4, 0.5) is 0 Å². The Kier molecular flexibility index (Phi) is 6.80. The molecule has 4 heteroatoms. The molecule has 2 fully saturated rings. The summed E-state index contributed by atoms with van der Waals surface area (Å²) in [5.41, 5.74) is 6.65. The van der Waals surface area contributed by atoms with Gasteiger partial charge in [-0.3, -0.25) is 0 Å². The van der Waals surface area contributed by atoms with Crippen LogP contribution >= 0.6 is 0 Å². The minimum atomic E-state index is -0.326. The SMILES string of the molecule is C=C(/C=C(\C(=C)OC)C1CCCCC1)C1=Cc2ccc(B3OC(C)(C)C(C)(C)O3)cc2CC1. The maximum Gasteiger partial charge on any atom is 0.494 e. The minimum absolute atomic E-state index is 0.318. The zero-order valence-electron chi connectivity index (χ0n) is 21.1. The highest BCUT2D eigenvalue weighted by Gasteiger charge is 2.51. The lowest BCUT2D eigenvalue weighted by molar-refractivity contribution is 0.00578. The van der Waals surface area contributed by atoms with E-state index in [2.05, 4.69) is 71.2 Å². The quantitative estimate of drug-likeness (QED) is 0.282. The summed E-state index contributed by atoms with van der Waals surface area (Å²) in [7, 11) is 1.40. The minimum Gasteiger partial charge on any atom is -0.497 e. The summed E-state index contributed by atoms with van der Waals surface area (Å²) >= 11 is 0. The molecule has 176 valence electrons. The Bertz CT molecular complexity index is 976. The van der Waals surface area contributed by atoms with E-state index in [1.165, 1.54) is 54.4 Å². The fraction of sp³-hybridized carbons (Fsp3) is 0.517. The van der Waals surface area contributed by atoms with Crippen molar-refractivity contribution in [3.63, 3.8) is 0 Å². The van der Waals surface area contributed by atoms with E-state index in [1.807, 2.05) is 0 Å². The largest absolute Gasteiger partial charge is 0.497 e. The molecule has 1 aliphatic heterocycles. The Morgan fingerprint density at radius 1 is 1.03 bits per heavy atom. The van der Waals surface area contributed by atoms with Crippen LogP contribution < -0.4 is 5.46 Å². The van der Waals surface area contributed by atoms with Crippen molar-refractivity contribution in [3.05, 3.63) is 71.0 Å². The summed E-state index contributed by atoms with van der Waals surface area (Å²) < 4.78 is 18.1. The molecule has 2 aliphatic carbocycles. The molecule has 1 saturated heterocycles. The van der Waals surface area contributed by atoms with Gasteiger partial charge in [0, 0.05) is 0 Å². The molecule has 0 unspecified atom stereocenters. The van der Waals surface area contributed by atoms with Crippen LogP contribution in [0.15, 0.2) is 59.9 Å². The molecule has 1 aromatic carbocycles. The highest BCUT2D eigenvalue weighted by atomic mass is 16.7. The molecule has 33 heavy (non-hydrogen) atoms. The van der Waals surface area contributed by atoms with Crippen molar-refractivity contribution in [2.24, 2.45) is 5.92 Å². The molecule has 3 nitrogen and oxygen atoms in total. The Labute approximate surface area is 200 Å². The molecule has 0 atom stereocenters. The monoisotopic (exact) mass is 446 g/mol. The first-order chi connectivity index (χ1) is 15.6. The second-order valence-corrected chi connectivity index (χ2v) is 10.8. The lowest BCUT2D eigenvalue weighted by atomic mass is 9.76. The van der Waals surface area contributed by atoms with Gasteiger partial charge in [0.15, 0.2) is 0 Å². The fourth-order valence-corrected chi connectivity index (χ4v) is 5.13. The van der Waals surface area contributed by atoms with Gasteiger partial charge in [0.25, 0.3) is 0 Å². The van der Waals surface area contributed by atoms with Gasteiger partial charge in [-0.1, -0.05) is 56.7 Å². The van der Waals surface area contributed by atoms with Gasteiger partial charge in [0.2, 0.25) is 0 Å². The van der Waals surface area contributed by atoms with Crippen LogP contribution in [0.2, 0.25) is 0 Å². The van der Waals surface area contributed by atoms with E-state index in [9.17, 15) is 0 Å². The average Bonchev–Trinajstić information content (AvgIpc) is 3.03. The van der Waals surface area contributed by atoms with E-state index in [0.29, 0.717) is 5.92 Å². The van der Waals surface area contributed by atoms with Crippen molar-refractivity contribution in [2.45, 2.75) is 83.8 Å². The zero-order valence-corrected chi connectivity index (χ0v) is 21.1. The Morgan fingerprint density at radius 2 is 1.70 bits per heavy atom. The summed E-state index contributed by atoms with van der Waals surface area (Å²) in [6, 6.07) is 6.59. The number of aryl methyl sites for hydroxylation is 1. The average molecular weight is 446 g/mol. The maximum atomic E-state index is 6.26. The van der Waals surface area contributed by atoms with E-state index in [0.717, 1.165) is 29.6 Å². The Hall–Kier alpha value is -2.04. The predicted octanol–water partition coefficient (Wildman–Crippen LogP) is 6.54. The number of methoxy groups -OCH3 is 1. The second-order valence-electron chi connectivity index (χ2n) is 10.8. The number of ether oxygens (including phenoxy) is 1. The zero-order chi connectivity index (χ0) is 23.8. The Morgan fingerprint density at radius 3 is 2.33 bits per heavy atom. The number of hydrogen-bond donors (Lipinski definition) is 0. The van der Waals surface area contributed by atoms with Gasteiger partial charge in [0.1, 0.15) is 5.76 Å². The highest BCUT2D eigenvalue weighted by molar-refractivity contribution is 6.62. The maximum absolute atomic E-state index is 6.26. The van der Waals surface area contributed by atoms with Gasteiger partial charge in [-0.05, 0) is 98.7 Å². The molecule has 1 aromatic rings. The molecule has 0 radical (unpaired) electrons. The molecule has 4 rings (SSSR count). The van der Waals surface area contributed by atoms with E-state index in [1.54, 1.807) is 7.11 Å². The molecule has 0 bridgehead atoms.